The predicted molar refractivity (Wildman–Crippen MR) is 109 cm³/mol. The van der Waals surface area contributed by atoms with Crippen LogP contribution in [0.3, 0.4) is 0 Å². The van der Waals surface area contributed by atoms with Gasteiger partial charge in [0.05, 0.1) is 30.1 Å². The number of amides is 1. The van der Waals surface area contributed by atoms with Crippen LogP contribution < -0.4 is 10.6 Å². The van der Waals surface area contributed by atoms with E-state index < -0.39 is 5.97 Å². The molecule has 0 radical (unpaired) electrons. The summed E-state index contributed by atoms with van der Waals surface area (Å²) in [6, 6.07) is 14.4. The standard InChI is InChI=1S/C22H21N3O3/c1-14-4-5-15(2)20(10-14)24-19-11-17(12-23-13-19)21(26)25-18-8-6-16(7-9-18)22(27)28-3/h4-13,24H,1-3H3,(H,25,26). The second-order valence-electron chi connectivity index (χ2n) is 6.43. The van der Waals surface area contributed by atoms with Gasteiger partial charge in [0.25, 0.3) is 5.91 Å². The molecule has 28 heavy (non-hydrogen) atoms. The number of carbonyl (C=O) groups is 2. The molecule has 0 atom stereocenters. The van der Waals surface area contributed by atoms with Gasteiger partial charge in [-0.3, -0.25) is 9.78 Å². The lowest BCUT2D eigenvalue weighted by Crippen LogP contribution is -2.13. The summed E-state index contributed by atoms with van der Waals surface area (Å²) in [5, 5.41) is 6.10. The average Bonchev–Trinajstić information content (AvgIpc) is 2.71. The van der Waals surface area contributed by atoms with Gasteiger partial charge in [-0.1, -0.05) is 12.1 Å². The highest BCUT2D eigenvalue weighted by Gasteiger charge is 2.10. The molecule has 2 aromatic carbocycles. The number of carbonyl (C=O) groups excluding carboxylic acids is 2. The van der Waals surface area contributed by atoms with Crippen LogP contribution in [-0.2, 0) is 4.74 Å². The molecule has 0 bridgehead atoms. The van der Waals surface area contributed by atoms with Gasteiger partial charge in [0, 0.05) is 17.6 Å². The number of benzene rings is 2. The highest BCUT2D eigenvalue weighted by atomic mass is 16.5. The van der Waals surface area contributed by atoms with Crippen LogP contribution in [0.1, 0.15) is 31.8 Å². The number of anilines is 3. The largest absolute Gasteiger partial charge is 0.465 e. The molecule has 0 aliphatic heterocycles. The van der Waals surface area contributed by atoms with Crippen molar-refractivity contribution in [3.63, 3.8) is 0 Å². The highest BCUT2D eigenvalue weighted by molar-refractivity contribution is 6.04. The number of rotatable bonds is 5. The zero-order valence-electron chi connectivity index (χ0n) is 15.9. The number of ether oxygens (including phenoxy) is 1. The van der Waals surface area contributed by atoms with E-state index in [1.54, 1.807) is 36.5 Å². The third-order valence-corrected chi connectivity index (χ3v) is 4.24. The molecule has 0 aliphatic carbocycles. The topological polar surface area (TPSA) is 80.3 Å². The summed E-state index contributed by atoms with van der Waals surface area (Å²) in [5.74, 6) is -0.713. The molecule has 6 nitrogen and oxygen atoms in total. The molecule has 0 unspecified atom stereocenters. The van der Waals surface area contributed by atoms with E-state index in [-0.39, 0.29) is 5.91 Å². The lowest BCUT2D eigenvalue weighted by atomic mass is 10.1. The van der Waals surface area contributed by atoms with Crippen molar-refractivity contribution in [3.05, 3.63) is 83.2 Å². The first-order chi connectivity index (χ1) is 13.5. The third kappa shape index (κ3) is 4.54. The quantitative estimate of drug-likeness (QED) is 0.643. The van der Waals surface area contributed by atoms with Gasteiger partial charge in [-0.05, 0) is 61.4 Å². The number of methoxy groups -OCH3 is 1. The fraction of sp³-hybridized carbons (Fsp3) is 0.136. The van der Waals surface area contributed by atoms with Crippen LogP contribution in [-0.4, -0.2) is 24.0 Å². The van der Waals surface area contributed by atoms with E-state index >= 15 is 0 Å². The molecule has 142 valence electrons. The molecule has 0 saturated heterocycles. The number of hydrogen-bond acceptors (Lipinski definition) is 5. The van der Waals surface area contributed by atoms with Gasteiger partial charge in [-0.2, -0.15) is 0 Å². The van der Waals surface area contributed by atoms with Crippen LogP contribution in [0.15, 0.2) is 60.9 Å². The molecule has 0 spiro atoms. The molecule has 0 saturated carbocycles. The SMILES string of the molecule is COC(=O)c1ccc(NC(=O)c2cncc(Nc3cc(C)ccc3C)c2)cc1. The first-order valence-electron chi connectivity index (χ1n) is 8.75. The Labute approximate surface area is 163 Å². The number of hydrogen-bond donors (Lipinski definition) is 2. The van der Waals surface area contributed by atoms with Crippen molar-refractivity contribution in [1.82, 2.24) is 4.98 Å². The van der Waals surface area contributed by atoms with E-state index in [1.165, 1.54) is 13.3 Å². The van der Waals surface area contributed by atoms with Crippen LogP contribution >= 0.6 is 0 Å². The Bertz CT molecular complexity index is 1010. The Balaban J connectivity index is 1.73. The van der Waals surface area contributed by atoms with Crippen LogP contribution in [0.5, 0.6) is 0 Å². The predicted octanol–water partition coefficient (Wildman–Crippen LogP) is 4.48. The van der Waals surface area contributed by atoms with Crippen molar-refractivity contribution in [2.75, 3.05) is 17.7 Å². The number of aryl methyl sites for hydroxylation is 2. The van der Waals surface area contributed by atoms with Crippen molar-refractivity contribution in [2.45, 2.75) is 13.8 Å². The van der Waals surface area contributed by atoms with Crippen molar-refractivity contribution in [1.29, 1.82) is 0 Å². The summed E-state index contributed by atoms with van der Waals surface area (Å²) in [6.45, 7) is 4.04. The average molecular weight is 375 g/mol. The minimum atomic E-state index is -0.424. The van der Waals surface area contributed by atoms with Crippen molar-refractivity contribution in [2.24, 2.45) is 0 Å². The van der Waals surface area contributed by atoms with E-state index in [1.807, 2.05) is 32.0 Å². The second-order valence-corrected chi connectivity index (χ2v) is 6.43. The highest BCUT2D eigenvalue weighted by Crippen LogP contribution is 2.22. The molecule has 2 N–H and O–H groups in total. The number of esters is 1. The zero-order valence-corrected chi connectivity index (χ0v) is 15.9. The molecule has 3 rings (SSSR count). The second kappa shape index (κ2) is 8.35. The van der Waals surface area contributed by atoms with Gasteiger partial charge in [-0.15, -0.1) is 0 Å². The summed E-state index contributed by atoms with van der Waals surface area (Å²) in [5.41, 5.74) is 5.36. The van der Waals surface area contributed by atoms with Gasteiger partial charge >= 0.3 is 5.97 Å². The Kier molecular flexibility index (Phi) is 5.69. The number of pyridine rings is 1. The van der Waals surface area contributed by atoms with Crippen LogP contribution in [0.2, 0.25) is 0 Å². The fourth-order valence-corrected chi connectivity index (χ4v) is 2.67. The lowest BCUT2D eigenvalue weighted by Gasteiger charge is -2.11. The van der Waals surface area contributed by atoms with Gasteiger partial charge in [0.1, 0.15) is 0 Å². The summed E-state index contributed by atoms with van der Waals surface area (Å²) < 4.78 is 4.66. The molecular weight excluding hydrogens is 354 g/mol. The molecule has 1 aromatic heterocycles. The maximum atomic E-state index is 12.5. The number of nitrogens with one attached hydrogen (secondary N) is 2. The minimum absolute atomic E-state index is 0.289. The molecule has 1 heterocycles. The molecule has 0 aliphatic rings. The van der Waals surface area contributed by atoms with Gasteiger partial charge in [0.2, 0.25) is 0 Å². The smallest absolute Gasteiger partial charge is 0.337 e. The Hall–Kier alpha value is -3.67. The third-order valence-electron chi connectivity index (χ3n) is 4.24. The Morgan fingerprint density at radius 3 is 2.36 bits per heavy atom. The van der Waals surface area contributed by atoms with E-state index in [0.717, 1.165) is 22.5 Å². The van der Waals surface area contributed by atoms with Crippen molar-refractivity contribution in [3.8, 4) is 0 Å². The van der Waals surface area contributed by atoms with Gasteiger partial charge < -0.3 is 15.4 Å². The summed E-state index contributed by atoms with van der Waals surface area (Å²) in [4.78, 5) is 28.2. The summed E-state index contributed by atoms with van der Waals surface area (Å²) in [6.07, 6.45) is 3.18. The van der Waals surface area contributed by atoms with E-state index in [4.69, 9.17) is 0 Å². The molecule has 0 fully saturated rings. The maximum Gasteiger partial charge on any atom is 0.337 e. The lowest BCUT2D eigenvalue weighted by molar-refractivity contribution is 0.0600. The van der Waals surface area contributed by atoms with E-state index in [2.05, 4.69) is 20.4 Å². The summed E-state index contributed by atoms with van der Waals surface area (Å²) >= 11 is 0. The summed E-state index contributed by atoms with van der Waals surface area (Å²) in [7, 11) is 1.32. The normalized spacial score (nSPS) is 10.2. The maximum absolute atomic E-state index is 12.5. The van der Waals surface area contributed by atoms with Crippen molar-refractivity contribution >= 4 is 28.9 Å². The van der Waals surface area contributed by atoms with Crippen LogP contribution in [0, 0.1) is 13.8 Å². The number of nitrogens with zero attached hydrogens (tertiary/aromatic N) is 1. The molecule has 6 heteroatoms. The van der Waals surface area contributed by atoms with Crippen LogP contribution in [0.25, 0.3) is 0 Å². The first-order valence-corrected chi connectivity index (χ1v) is 8.75. The van der Waals surface area contributed by atoms with Crippen molar-refractivity contribution < 1.29 is 14.3 Å². The fourth-order valence-electron chi connectivity index (χ4n) is 2.67. The van der Waals surface area contributed by atoms with Gasteiger partial charge in [-0.25, -0.2) is 4.79 Å². The zero-order chi connectivity index (χ0) is 20.1. The van der Waals surface area contributed by atoms with E-state index in [9.17, 15) is 9.59 Å². The molecule has 1 amide bonds. The minimum Gasteiger partial charge on any atom is -0.465 e. The van der Waals surface area contributed by atoms with Gasteiger partial charge in [0.15, 0.2) is 0 Å². The van der Waals surface area contributed by atoms with Crippen LogP contribution in [0.4, 0.5) is 17.1 Å². The number of aromatic nitrogens is 1. The Morgan fingerprint density at radius 2 is 1.64 bits per heavy atom. The first kappa shape index (κ1) is 19.1. The Morgan fingerprint density at radius 1 is 0.893 bits per heavy atom. The molecular formula is C22H21N3O3. The molecule has 3 aromatic rings. The van der Waals surface area contributed by atoms with E-state index in [0.29, 0.717) is 16.8 Å². The monoisotopic (exact) mass is 375 g/mol.